The van der Waals surface area contributed by atoms with Gasteiger partial charge < -0.3 is 14.6 Å². The second-order valence-electron chi connectivity index (χ2n) is 7.23. The number of aryl methyl sites for hydroxylation is 2. The van der Waals surface area contributed by atoms with Gasteiger partial charge in [-0.2, -0.15) is 10.1 Å². The predicted molar refractivity (Wildman–Crippen MR) is 116 cm³/mol. The molecule has 7 nitrogen and oxygen atoms in total. The van der Waals surface area contributed by atoms with E-state index >= 15 is 0 Å². The van der Waals surface area contributed by atoms with Gasteiger partial charge >= 0.3 is 0 Å². The summed E-state index contributed by atoms with van der Waals surface area (Å²) in [6.07, 6.45) is 0. The van der Waals surface area contributed by atoms with Crippen LogP contribution in [0.4, 0.5) is 5.69 Å². The van der Waals surface area contributed by atoms with Gasteiger partial charge in [0.1, 0.15) is 0 Å². The standard InChI is InChI=1S/C23H25N5O2/c1-16-4-6-18(7-5-16)15-28-17(2)14-21(26-28)23-25-22(27-30-23)19-8-10-20(11-9-19)24-12-13-29-3/h4-11,14,24H,12-13,15H2,1-3H3. The third-order valence-electron chi connectivity index (χ3n) is 4.86. The molecule has 4 rings (SSSR count). The Hall–Kier alpha value is -3.45. The molecule has 0 aliphatic carbocycles. The summed E-state index contributed by atoms with van der Waals surface area (Å²) in [6, 6.07) is 18.3. The lowest BCUT2D eigenvalue weighted by molar-refractivity contribution is 0.211. The lowest BCUT2D eigenvalue weighted by atomic mass is 10.1. The molecule has 0 amide bonds. The molecule has 154 valence electrons. The maximum Gasteiger partial charge on any atom is 0.278 e. The van der Waals surface area contributed by atoms with E-state index in [4.69, 9.17) is 9.26 Å². The van der Waals surface area contributed by atoms with Crippen LogP contribution in [-0.2, 0) is 11.3 Å². The number of nitrogens with one attached hydrogen (secondary N) is 1. The van der Waals surface area contributed by atoms with Gasteiger partial charge in [-0.25, -0.2) is 0 Å². The van der Waals surface area contributed by atoms with Crippen LogP contribution in [0.15, 0.2) is 59.1 Å². The first kappa shape index (κ1) is 19.8. The van der Waals surface area contributed by atoms with Crippen molar-refractivity contribution < 1.29 is 9.26 Å². The summed E-state index contributed by atoms with van der Waals surface area (Å²) < 4.78 is 12.5. The lowest BCUT2D eigenvalue weighted by Gasteiger charge is -2.05. The Kier molecular flexibility index (Phi) is 5.90. The van der Waals surface area contributed by atoms with E-state index < -0.39 is 0 Å². The Morgan fingerprint density at radius 2 is 1.80 bits per heavy atom. The van der Waals surface area contributed by atoms with Crippen molar-refractivity contribution in [1.82, 2.24) is 19.9 Å². The highest BCUT2D eigenvalue weighted by Crippen LogP contribution is 2.23. The van der Waals surface area contributed by atoms with Gasteiger partial charge in [-0.15, -0.1) is 0 Å². The minimum absolute atomic E-state index is 0.415. The minimum Gasteiger partial charge on any atom is -0.383 e. The normalized spacial score (nSPS) is 11.0. The zero-order valence-electron chi connectivity index (χ0n) is 17.4. The molecule has 0 fully saturated rings. The first-order chi connectivity index (χ1) is 14.6. The van der Waals surface area contributed by atoms with Gasteiger partial charge in [-0.1, -0.05) is 35.0 Å². The summed E-state index contributed by atoms with van der Waals surface area (Å²) in [5.41, 5.74) is 6.06. The van der Waals surface area contributed by atoms with Gasteiger partial charge in [-0.05, 0) is 49.7 Å². The van der Waals surface area contributed by atoms with Crippen LogP contribution >= 0.6 is 0 Å². The van der Waals surface area contributed by atoms with E-state index in [-0.39, 0.29) is 0 Å². The van der Waals surface area contributed by atoms with Gasteiger partial charge in [0.15, 0.2) is 5.69 Å². The summed E-state index contributed by atoms with van der Waals surface area (Å²) in [7, 11) is 1.69. The molecule has 2 aromatic heterocycles. The molecule has 2 heterocycles. The number of hydrogen-bond acceptors (Lipinski definition) is 6. The minimum atomic E-state index is 0.415. The van der Waals surface area contributed by atoms with E-state index in [1.807, 2.05) is 41.9 Å². The molecular weight excluding hydrogens is 378 g/mol. The van der Waals surface area contributed by atoms with Crippen molar-refractivity contribution in [3.63, 3.8) is 0 Å². The fourth-order valence-electron chi connectivity index (χ4n) is 3.12. The second kappa shape index (κ2) is 8.92. The van der Waals surface area contributed by atoms with Crippen molar-refractivity contribution >= 4 is 5.69 Å². The number of methoxy groups -OCH3 is 1. The van der Waals surface area contributed by atoms with Gasteiger partial charge in [0.2, 0.25) is 5.82 Å². The third-order valence-corrected chi connectivity index (χ3v) is 4.86. The molecule has 7 heteroatoms. The molecule has 0 radical (unpaired) electrons. The molecule has 0 saturated heterocycles. The molecule has 1 N–H and O–H groups in total. The molecule has 0 aliphatic rings. The van der Waals surface area contributed by atoms with Crippen LogP contribution in [-0.4, -0.2) is 40.2 Å². The van der Waals surface area contributed by atoms with Crippen LogP contribution in [0.2, 0.25) is 0 Å². The Bertz CT molecular complexity index is 1100. The molecular formula is C23H25N5O2. The average Bonchev–Trinajstić information content (AvgIpc) is 3.38. The van der Waals surface area contributed by atoms with Crippen LogP contribution in [0.3, 0.4) is 0 Å². The van der Waals surface area contributed by atoms with Gasteiger partial charge in [0.25, 0.3) is 5.89 Å². The van der Waals surface area contributed by atoms with E-state index in [1.54, 1.807) is 7.11 Å². The fourth-order valence-corrected chi connectivity index (χ4v) is 3.12. The van der Waals surface area contributed by atoms with Crippen molar-refractivity contribution in [2.45, 2.75) is 20.4 Å². The van der Waals surface area contributed by atoms with Crippen molar-refractivity contribution in [3.8, 4) is 23.0 Å². The van der Waals surface area contributed by atoms with Gasteiger partial charge in [0, 0.05) is 30.6 Å². The molecule has 0 bridgehead atoms. The zero-order chi connectivity index (χ0) is 20.9. The number of rotatable bonds is 8. The number of nitrogens with zero attached hydrogens (tertiary/aromatic N) is 4. The van der Waals surface area contributed by atoms with Crippen molar-refractivity contribution in [3.05, 3.63) is 71.4 Å². The predicted octanol–water partition coefficient (Wildman–Crippen LogP) is 4.32. The lowest BCUT2D eigenvalue weighted by Crippen LogP contribution is -2.07. The summed E-state index contributed by atoms with van der Waals surface area (Å²) in [5, 5.41) is 12.1. The van der Waals surface area contributed by atoms with E-state index in [1.165, 1.54) is 11.1 Å². The topological polar surface area (TPSA) is 78.0 Å². The number of ether oxygens (including phenoxy) is 1. The van der Waals surface area contributed by atoms with E-state index in [0.29, 0.717) is 30.6 Å². The highest BCUT2D eigenvalue weighted by molar-refractivity contribution is 5.61. The summed E-state index contributed by atoms with van der Waals surface area (Å²) in [4.78, 5) is 4.53. The van der Waals surface area contributed by atoms with Crippen LogP contribution in [0.25, 0.3) is 23.0 Å². The van der Waals surface area contributed by atoms with E-state index in [2.05, 4.69) is 51.7 Å². The zero-order valence-corrected chi connectivity index (χ0v) is 17.4. The van der Waals surface area contributed by atoms with Crippen LogP contribution in [0.1, 0.15) is 16.8 Å². The number of benzene rings is 2. The third kappa shape index (κ3) is 4.58. The maximum atomic E-state index is 5.48. The smallest absolute Gasteiger partial charge is 0.278 e. The number of anilines is 1. The molecule has 4 aromatic rings. The Morgan fingerprint density at radius 3 is 2.53 bits per heavy atom. The van der Waals surface area contributed by atoms with Gasteiger partial charge in [0.05, 0.1) is 13.2 Å². The van der Waals surface area contributed by atoms with Crippen LogP contribution < -0.4 is 5.32 Å². The molecule has 0 aliphatic heterocycles. The molecule has 0 atom stereocenters. The van der Waals surface area contributed by atoms with Gasteiger partial charge in [-0.3, -0.25) is 4.68 Å². The Labute approximate surface area is 175 Å². The average molecular weight is 403 g/mol. The first-order valence-corrected chi connectivity index (χ1v) is 9.90. The molecule has 30 heavy (non-hydrogen) atoms. The van der Waals surface area contributed by atoms with E-state index in [0.717, 1.165) is 23.5 Å². The van der Waals surface area contributed by atoms with Crippen molar-refractivity contribution in [2.24, 2.45) is 0 Å². The Balaban J connectivity index is 1.48. The molecule has 0 saturated carbocycles. The SMILES string of the molecule is COCCNc1ccc(-c2noc(-c3cc(C)n(Cc4ccc(C)cc4)n3)n2)cc1. The van der Waals surface area contributed by atoms with Crippen molar-refractivity contribution in [2.75, 3.05) is 25.6 Å². The van der Waals surface area contributed by atoms with E-state index in [9.17, 15) is 0 Å². The molecule has 0 unspecified atom stereocenters. The van der Waals surface area contributed by atoms with Crippen LogP contribution in [0.5, 0.6) is 0 Å². The first-order valence-electron chi connectivity index (χ1n) is 9.90. The molecule has 0 spiro atoms. The van der Waals surface area contributed by atoms with Crippen LogP contribution in [0, 0.1) is 13.8 Å². The Morgan fingerprint density at radius 1 is 1.03 bits per heavy atom. The highest BCUT2D eigenvalue weighted by atomic mass is 16.5. The fraction of sp³-hybridized carbons (Fsp3) is 0.261. The summed E-state index contributed by atoms with van der Waals surface area (Å²) in [5.74, 6) is 0.956. The second-order valence-corrected chi connectivity index (χ2v) is 7.23. The largest absolute Gasteiger partial charge is 0.383 e. The number of hydrogen-bond donors (Lipinski definition) is 1. The maximum absolute atomic E-state index is 5.48. The molecule has 2 aromatic carbocycles. The number of aromatic nitrogens is 4. The quantitative estimate of drug-likeness (QED) is 0.441. The monoisotopic (exact) mass is 403 g/mol. The summed E-state index contributed by atoms with van der Waals surface area (Å²) in [6.45, 7) is 6.22. The van der Waals surface area contributed by atoms with Crippen molar-refractivity contribution in [1.29, 1.82) is 0 Å². The highest BCUT2D eigenvalue weighted by Gasteiger charge is 2.15. The summed E-state index contributed by atoms with van der Waals surface area (Å²) >= 11 is 0.